The summed E-state index contributed by atoms with van der Waals surface area (Å²) in [6.07, 6.45) is 5.67. The van der Waals surface area contributed by atoms with Gasteiger partial charge in [-0.05, 0) is 37.8 Å². The number of oxazole rings is 1. The van der Waals surface area contributed by atoms with E-state index in [1.54, 1.807) is 17.6 Å². The summed E-state index contributed by atoms with van der Waals surface area (Å²) in [6.45, 7) is 7.04. The van der Waals surface area contributed by atoms with Crippen LogP contribution in [0.25, 0.3) is 10.8 Å². The van der Waals surface area contributed by atoms with Gasteiger partial charge in [0.15, 0.2) is 0 Å². The molecular weight excluding hydrogens is 296 g/mol. The van der Waals surface area contributed by atoms with Crippen molar-refractivity contribution in [1.29, 1.82) is 0 Å². The highest BCUT2D eigenvalue weighted by Gasteiger charge is 2.15. The van der Waals surface area contributed by atoms with Crippen molar-refractivity contribution in [1.82, 2.24) is 20.1 Å². The smallest absolute Gasteiger partial charge is 0.236 e. The largest absolute Gasteiger partial charge is 0.444 e. The predicted molar refractivity (Wildman–Crippen MR) is 87.8 cm³/mol. The SMILES string of the molecule is Cc1cnn([C@H](C)[C@@H](C)NCc2coc(-c3cccs3)n2)c1. The molecule has 0 saturated heterocycles. The van der Waals surface area contributed by atoms with Crippen LogP contribution in [-0.4, -0.2) is 20.8 Å². The highest BCUT2D eigenvalue weighted by atomic mass is 32.1. The van der Waals surface area contributed by atoms with E-state index >= 15 is 0 Å². The summed E-state index contributed by atoms with van der Waals surface area (Å²) in [7, 11) is 0. The van der Waals surface area contributed by atoms with Crippen LogP contribution in [0.2, 0.25) is 0 Å². The van der Waals surface area contributed by atoms with E-state index in [0.29, 0.717) is 12.4 Å². The van der Waals surface area contributed by atoms with Gasteiger partial charge in [0.1, 0.15) is 6.26 Å². The van der Waals surface area contributed by atoms with Crippen molar-refractivity contribution in [2.75, 3.05) is 0 Å². The molecule has 0 bridgehead atoms. The van der Waals surface area contributed by atoms with Crippen LogP contribution < -0.4 is 5.32 Å². The molecule has 0 radical (unpaired) electrons. The van der Waals surface area contributed by atoms with Crippen molar-refractivity contribution >= 4 is 11.3 Å². The van der Waals surface area contributed by atoms with Gasteiger partial charge in [0.05, 0.1) is 22.8 Å². The van der Waals surface area contributed by atoms with Crippen LogP contribution in [0.4, 0.5) is 0 Å². The highest BCUT2D eigenvalue weighted by Crippen LogP contribution is 2.23. The zero-order chi connectivity index (χ0) is 15.5. The van der Waals surface area contributed by atoms with Crippen molar-refractivity contribution in [3.05, 3.63) is 47.4 Å². The molecule has 0 amide bonds. The zero-order valence-corrected chi connectivity index (χ0v) is 13.8. The third-order valence-corrected chi connectivity index (χ3v) is 4.62. The lowest BCUT2D eigenvalue weighted by Crippen LogP contribution is -2.33. The molecule has 116 valence electrons. The molecule has 3 heterocycles. The van der Waals surface area contributed by atoms with Crippen molar-refractivity contribution < 1.29 is 4.42 Å². The average Bonchev–Trinajstić information content (AvgIpc) is 3.24. The Balaban J connectivity index is 1.58. The Morgan fingerprint density at radius 1 is 1.41 bits per heavy atom. The fraction of sp³-hybridized carbons (Fsp3) is 0.375. The lowest BCUT2D eigenvalue weighted by Gasteiger charge is -2.21. The van der Waals surface area contributed by atoms with Gasteiger partial charge >= 0.3 is 0 Å². The molecule has 3 rings (SSSR count). The first kappa shape index (κ1) is 15.0. The van der Waals surface area contributed by atoms with Gasteiger partial charge in [-0.25, -0.2) is 4.98 Å². The van der Waals surface area contributed by atoms with Crippen molar-refractivity contribution in [3.63, 3.8) is 0 Å². The van der Waals surface area contributed by atoms with Crippen LogP contribution in [0.5, 0.6) is 0 Å². The van der Waals surface area contributed by atoms with E-state index in [9.17, 15) is 0 Å². The Bertz CT molecular complexity index is 716. The molecule has 3 aromatic rings. The first-order valence-corrected chi connectivity index (χ1v) is 8.24. The standard InChI is InChI=1S/C16H20N4OS/c1-11-7-18-20(9-11)13(3)12(2)17-8-14-10-21-16(19-14)15-5-4-6-22-15/h4-7,9-10,12-13,17H,8H2,1-3H3/t12-,13-/m1/s1. The van der Waals surface area contributed by atoms with E-state index in [4.69, 9.17) is 4.42 Å². The van der Waals surface area contributed by atoms with Gasteiger partial charge in [-0.1, -0.05) is 6.07 Å². The second-order valence-electron chi connectivity index (χ2n) is 5.53. The van der Waals surface area contributed by atoms with E-state index in [-0.39, 0.29) is 12.1 Å². The minimum absolute atomic E-state index is 0.275. The van der Waals surface area contributed by atoms with E-state index < -0.39 is 0 Å². The first-order valence-electron chi connectivity index (χ1n) is 7.36. The Morgan fingerprint density at radius 2 is 2.27 bits per heavy atom. The van der Waals surface area contributed by atoms with Crippen LogP contribution in [0.3, 0.4) is 0 Å². The molecule has 2 atom stereocenters. The topological polar surface area (TPSA) is 55.9 Å². The van der Waals surface area contributed by atoms with Crippen molar-refractivity contribution in [2.45, 2.75) is 39.4 Å². The van der Waals surface area contributed by atoms with Gasteiger partial charge in [0.2, 0.25) is 5.89 Å². The minimum Gasteiger partial charge on any atom is -0.444 e. The molecular formula is C16H20N4OS. The Kier molecular flexibility index (Phi) is 4.40. The summed E-state index contributed by atoms with van der Waals surface area (Å²) in [5.74, 6) is 0.690. The summed E-state index contributed by atoms with van der Waals surface area (Å²) < 4.78 is 7.52. The minimum atomic E-state index is 0.275. The normalized spacial score (nSPS) is 14.1. The third kappa shape index (κ3) is 3.28. The van der Waals surface area contributed by atoms with Crippen LogP contribution >= 0.6 is 11.3 Å². The molecule has 0 aliphatic heterocycles. The quantitative estimate of drug-likeness (QED) is 0.754. The number of thiophene rings is 1. The second kappa shape index (κ2) is 6.46. The molecule has 6 heteroatoms. The number of aryl methyl sites for hydroxylation is 1. The molecule has 1 N–H and O–H groups in total. The monoisotopic (exact) mass is 316 g/mol. The molecule has 3 aromatic heterocycles. The molecule has 0 saturated carbocycles. The zero-order valence-electron chi connectivity index (χ0n) is 13.0. The van der Waals surface area contributed by atoms with Crippen LogP contribution in [-0.2, 0) is 6.54 Å². The molecule has 0 fully saturated rings. The molecule has 5 nitrogen and oxygen atoms in total. The van der Waals surface area contributed by atoms with Gasteiger partial charge in [0, 0.05) is 18.8 Å². The second-order valence-corrected chi connectivity index (χ2v) is 6.48. The fourth-order valence-corrected chi connectivity index (χ4v) is 2.88. The lowest BCUT2D eigenvalue weighted by atomic mass is 10.1. The summed E-state index contributed by atoms with van der Waals surface area (Å²) in [4.78, 5) is 5.57. The van der Waals surface area contributed by atoms with Gasteiger partial charge in [-0.3, -0.25) is 4.68 Å². The third-order valence-electron chi connectivity index (χ3n) is 3.76. The Morgan fingerprint density at radius 3 is 2.95 bits per heavy atom. The first-order chi connectivity index (χ1) is 10.6. The van der Waals surface area contributed by atoms with Crippen LogP contribution in [0, 0.1) is 6.92 Å². The number of hydrogen-bond acceptors (Lipinski definition) is 5. The van der Waals surface area contributed by atoms with Gasteiger partial charge < -0.3 is 9.73 Å². The van der Waals surface area contributed by atoms with E-state index in [1.165, 1.54) is 5.56 Å². The molecule has 22 heavy (non-hydrogen) atoms. The van der Waals surface area contributed by atoms with E-state index in [2.05, 4.69) is 42.4 Å². The number of nitrogens with one attached hydrogen (secondary N) is 1. The molecule has 0 unspecified atom stereocenters. The van der Waals surface area contributed by atoms with Gasteiger partial charge in [-0.15, -0.1) is 11.3 Å². The number of hydrogen-bond donors (Lipinski definition) is 1. The average molecular weight is 316 g/mol. The molecule has 0 aliphatic rings. The van der Waals surface area contributed by atoms with Crippen molar-refractivity contribution in [3.8, 4) is 10.8 Å². The van der Waals surface area contributed by atoms with Gasteiger partial charge in [0.25, 0.3) is 0 Å². The van der Waals surface area contributed by atoms with Crippen molar-refractivity contribution in [2.24, 2.45) is 0 Å². The van der Waals surface area contributed by atoms with Crippen LogP contribution in [0.15, 0.2) is 40.6 Å². The molecule has 0 spiro atoms. The summed E-state index contributed by atoms with van der Waals surface area (Å²) >= 11 is 1.63. The maximum atomic E-state index is 5.53. The predicted octanol–water partition coefficient (Wildman–Crippen LogP) is 3.65. The lowest BCUT2D eigenvalue weighted by molar-refractivity contribution is 0.363. The molecule has 0 aromatic carbocycles. The van der Waals surface area contributed by atoms with Crippen LogP contribution in [0.1, 0.15) is 31.1 Å². The maximum Gasteiger partial charge on any atom is 0.236 e. The van der Waals surface area contributed by atoms with E-state index in [0.717, 1.165) is 10.6 Å². The summed E-state index contributed by atoms with van der Waals surface area (Å²) in [6, 6.07) is 4.56. The van der Waals surface area contributed by atoms with E-state index in [1.807, 2.05) is 28.4 Å². The van der Waals surface area contributed by atoms with Gasteiger partial charge in [-0.2, -0.15) is 5.10 Å². The highest BCUT2D eigenvalue weighted by molar-refractivity contribution is 7.13. The maximum absolute atomic E-state index is 5.53. The number of rotatable bonds is 6. The summed E-state index contributed by atoms with van der Waals surface area (Å²) in [5, 5.41) is 9.88. The Hall–Kier alpha value is -1.92. The number of nitrogens with zero attached hydrogens (tertiary/aromatic N) is 3. The molecule has 0 aliphatic carbocycles. The number of aromatic nitrogens is 3. The fourth-order valence-electron chi connectivity index (χ4n) is 2.22. The summed E-state index contributed by atoms with van der Waals surface area (Å²) in [5.41, 5.74) is 2.09. The Labute approximate surface area is 134 Å².